The van der Waals surface area contributed by atoms with E-state index in [1.165, 1.54) is 17.9 Å². The molecule has 1 nitrogen and oxygen atoms in total. The Morgan fingerprint density at radius 2 is 2.11 bits per heavy atom. The van der Waals surface area contributed by atoms with Crippen molar-refractivity contribution in [2.45, 2.75) is 39.3 Å². The van der Waals surface area contributed by atoms with Crippen LogP contribution in [0.25, 0.3) is 0 Å². The molecule has 2 unspecified atom stereocenters. The van der Waals surface area contributed by atoms with Crippen molar-refractivity contribution in [2.24, 2.45) is 5.41 Å². The lowest BCUT2D eigenvalue weighted by Gasteiger charge is -2.40. The molecule has 1 aromatic rings. The zero-order valence-electron chi connectivity index (χ0n) is 11.7. The molecule has 1 fully saturated rings. The Morgan fingerprint density at radius 1 is 1.37 bits per heavy atom. The van der Waals surface area contributed by atoms with Gasteiger partial charge in [-0.15, -0.1) is 0 Å². The topological polar surface area (TPSA) is 12.0 Å². The molecule has 2 rings (SSSR count). The minimum Gasteiger partial charge on any atom is -0.306 e. The normalized spacial score (nSPS) is 24.2. The van der Waals surface area contributed by atoms with Crippen LogP contribution < -0.4 is 5.32 Å². The van der Waals surface area contributed by atoms with E-state index >= 15 is 0 Å². The van der Waals surface area contributed by atoms with Gasteiger partial charge < -0.3 is 5.32 Å². The van der Waals surface area contributed by atoms with E-state index in [9.17, 15) is 0 Å². The van der Waals surface area contributed by atoms with Crippen molar-refractivity contribution in [3.63, 3.8) is 0 Å². The van der Waals surface area contributed by atoms with Gasteiger partial charge in [-0.25, -0.2) is 0 Å². The average molecular weight is 318 g/mol. The third-order valence-corrected chi connectivity index (χ3v) is 5.62. The Bertz CT molecular complexity index is 448. The van der Waals surface area contributed by atoms with Gasteiger partial charge >= 0.3 is 0 Å². The highest BCUT2D eigenvalue weighted by Gasteiger charge is 2.33. The fourth-order valence-corrected chi connectivity index (χ4v) is 4.65. The molecule has 0 radical (unpaired) electrons. The second kappa shape index (κ2) is 6.26. The molecule has 0 spiro atoms. The van der Waals surface area contributed by atoms with Gasteiger partial charge in [-0.05, 0) is 42.2 Å². The monoisotopic (exact) mass is 317 g/mol. The van der Waals surface area contributed by atoms with Crippen LogP contribution in [0, 0.1) is 5.41 Å². The van der Waals surface area contributed by atoms with Crippen molar-refractivity contribution in [3.05, 3.63) is 33.8 Å². The molecule has 1 aliphatic heterocycles. The van der Waals surface area contributed by atoms with E-state index in [2.05, 4.69) is 26.1 Å². The van der Waals surface area contributed by atoms with Gasteiger partial charge in [0.15, 0.2) is 0 Å². The summed E-state index contributed by atoms with van der Waals surface area (Å²) in [4.78, 5) is 0. The van der Waals surface area contributed by atoms with Gasteiger partial charge in [-0.2, -0.15) is 11.8 Å². The van der Waals surface area contributed by atoms with Crippen LogP contribution in [0.1, 0.15) is 38.8 Å². The quantitative estimate of drug-likeness (QED) is 0.824. The van der Waals surface area contributed by atoms with E-state index in [0.717, 1.165) is 10.6 Å². The van der Waals surface area contributed by atoms with Crippen LogP contribution in [-0.2, 0) is 0 Å². The van der Waals surface area contributed by atoms with E-state index < -0.39 is 0 Å². The summed E-state index contributed by atoms with van der Waals surface area (Å²) in [5.74, 6) is 2.43. The molecule has 19 heavy (non-hydrogen) atoms. The Labute approximate surface area is 130 Å². The predicted molar refractivity (Wildman–Crippen MR) is 87.5 cm³/mol. The molecule has 2 atom stereocenters. The number of hydrogen-bond donors (Lipinski definition) is 1. The SMILES string of the molecule is CC(NC1CSCCC1(C)C)c1ccc(Cl)cc1Cl. The van der Waals surface area contributed by atoms with E-state index in [4.69, 9.17) is 23.2 Å². The lowest BCUT2D eigenvalue weighted by atomic mass is 9.81. The van der Waals surface area contributed by atoms with Crippen LogP contribution in [0.4, 0.5) is 0 Å². The molecular formula is C15H21Cl2NS. The zero-order chi connectivity index (χ0) is 14.0. The maximum atomic E-state index is 6.28. The fraction of sp³-hybridized carbons (Fsp3) is 0.600. The molecule has 4 heteroatoms. The van der Waals surface area contributed by atoms with Crippen LogP contribution in [0.15, 0.2) is 18.2 Å². The summed E-state index contributed by atoms with van der Waals surface area (Å²) in [5.41, 5.74) is 1.47. The second-order valence-electron chi connectivity index (χ2n) is 5.92. The molecule has 1 saturated heterocycles. The molecule has 0 aliphatic carbocycles. The van der Waals surface area contributed by atoms with Crippen LogP contribution in [-0.4, -0.2) is 17.5 Å². The summed E-state index contributed by atoms with van der Waals surface area (Å²) in [7, 11) is 0. The van der Waals surface area contributed by atoms with Gasteiger partial charge in [0, 0.05) is 27.9 Å². The number of rotatable bonds is 3. The highest BCUT2D eigenvalue weighted by Crippen LogP contribution is 2.36. The molecule has 0 aromatic heterocycles. The maximum absolute atomic E-state index is 6.28. The third kappa shape index (κ3) is 3.81. The zero-order valence-corrected chi connectivity index (χ0v) is 14.0. The van der Waals surface area contributed by atoms with Gasteiger partial charge in [-0.1, -0.05) is 43.1 Å². The lowest BCUT2D eigenvalue weighted by molar-refractivity contribution is 0.232. The Kier molecular flexibility index (Phi) is 5.10. The minimum atomic E-state index is 0.243. The molecule has 0 amide bonds. The van der Waals surface area contributed by atoms with Gasteiger partial charge in [0.25, 0.3) is 0 Å². The molecule has 106 valence electrons. The van der Waals surface area contributed by atoms with Crippen LogP contribution in [0.2, 0.25) is 10.0 Å². The molecule has 0 bridgehead atoms. The average Bonchev–Trinajstić information content (AvgIpc) is 2.31. The van der Waals surface area contributed by atoms with Crippen LogP contribution >= 0.6 is 35.0 Å². The van der Waals surface area contributed by atoms with E-state index in [1.54, 1.807) is 0 Å². The summed E-state index contributed by atoms with van der Waals surface area (Å²) >= 11 is 14.3. The summed E-state index contributed by atoms with van der Waals surface area (Å²) in [6.45, 7) is 6.87. The highest BCUT2D eigenvalue weighted by atomic mass is 35.5. The largest absolute Gasteiger partial charge is 0.306 e. The Hall–Kier alpha value is 0.110. The fourth-order valence-electron chi connectivity index (χ4n) is 2.45. The number of thioether (sulfide) groups is 1. The van der Waals surface area contributed by atoms with Crippen LogP contribution in [0.3, 0.4) is 0 Å². The standard InChI is InChI=1S/C15H21Cl2NS/c1-10(12-5-4-11(16)8-13(12)17)18-14-9-19-7-6-15(14,2)3/h4-5,8,10,14,18H,6-7,9H2,1-3H3. The first-order chi connectivity index (χ1) is 8.90. The van der Waals surface area contributed by atoms with E-state index in [1.807, 2.05) is 30.0 Å². The maximum Gasteiger partial charge on any atom is 0.0468 e. The molecular weight excluding hydrogens is 297 g/mol. The summed E-state index contributed by atoms with van der Waals surface area (Å²) in [6.07, 6.45) is 1.26. The third-order valence-electron chi connectivity index (χ3n) is 4.00. The first-order valence-electron chi connectivity index (χ1n) is 6.69. The predicted octanol–water partition coefficient (Wildman–Crippen LogP) is 5.18. The molecule has 1 aromatic carbocycles. The van der Waals surface area contributed by atoms with E-state index in [0.29, 0.717) is 16.5 Å². The van der Waals surface area contributed by atoms with Crippen molar-refractivity contribution in [1.29, 1.82) is 0 Å². The van der Waals surface area contributed by atoms with Crippen molar-refractivity contribution >= 4 is 35.0 Å². The van der Waals surface area contributed by atoms with E-state index in [-0.39, 0.29) is 6.04 Å². The van der Waals surface area contributed by atoms with Crippen molar-refractivity contribution in [2.75, 3.05) is 11.5 Å². The lowest BCUT2D eigenvalue weighted by Crippen LogP contribution is -2.47. The van der Waals surface area contributed by atoms with Gasteiger partial charge in [0.1, 0.15) is 0 Å². The molecule has 1 aliphatic rings. The van der Waals surface area contributed by atoms with Gasteiger partial charge in [0.2, 0.25) is 0 Å². The summed E-state index contributed by atoms with van der Waals surface area (Å²) < 4.78 is 0. The highest BCUT2D eigenvalue weighted by molar-refractivity contribution is 7.99. The number of nitrogens with one attached hydrogen (secondary N) is 1. The number of halogens is 2. The Balaban J connectivity index is 2.09. The number of hydrogen-bond acceptors (Lipinski definition) is 2. The van der Waals surface area contributed by atoms with Crippen molar-refractivity contribution in [3.8, 4) is 0 Å². The first-order valence-corrected chi connectivity index (χ1v) is 8.60. The van der Waals surface area contributed by atoms with Gasteiger partial charge in [0.05, 0.1) is 0 Å². The minimum absolute atomic E-state index is 0.243. The van der Waals surface area contributed by atoms with Crippen molar-refractivity contribution < 1.29 is 0 Å². The van der Waals surface area contributed by atoms with Crippen molar-refractivity contribution in [1.82, 2.24) is 5.32 Å². The van der Waals surface area contributed by atoms with Crippen LogP contribution in [0.5, 0.6) is 0 Å². The summed E-state index contributed by atoms with van der Waals surface area (Å²) in [6, 6.07) is 6.51. The molecule has 1 heterocycles. The second-order valence-corrected chi connectivity index (χ2v) is 7.91. The van der Waals surface area contributed by atoms with Gasteiger partial charge in [-0.3, -0.25) is 0 Å². The smallest absolute Gasteiger partial charge is 0.0468 e. The summed E-state index contributed by atoms with van der Waals surface area (Å²) in [5, 5.41) is 5.17. The number of benzene rings is 1. The molecule has 0 saturated carbocycles. The first kappa shape index (κ1) is 15.5. The Morgan fingerprint density at radius 3 is 2.74 bits per heavy atom. The molecule has 1 N–H and O–H groups in total.